The summed E-state index contributed by atoms with van der Waals surface area (Å²) in [6.07, 6.45) is 0.594. The zero-order valence-corrected chi connectivity index (χ0v) is 12.7. The van der Waals surface area contributed by atoms with E-state index < -0.39 is 17.7 Å². The van der Waals surface area contributed by atoms with Crippen molar-refractivity contribution in [1.29, 1.82) is 0 Å². The molecule has 2 aromatic rings. The smallest absolute Gasteiger partial charge is 0.131 e. The van der Waals surface area contributed by atoms with Gasteiger partial charge in [0.05, 0.1) is 11.8 Å². The number of aromatic nitrogens is 1. The Bertz CT molecular complexity index is 628. The van der Waals surface area contributed by atoms with E-state index in [2.05, 4.69) is 15.0 Å². The Hall–Kier alpha value is -1.83. The molecule has 1 aliphatic heterocycles. The topological polar surface area (TPSA) is 52.7 Å². The first-order valence-electron chi connectivity index (χ1n) is 7.59. The Balaban J connectivity index is 1.50. The maximum Gasteiger partial charge on any atom is 0.131 e. The number of aliphatic hydroxyl groups is 1. The first-order valence-corrected chi connectivity index (χ1v) is 7.59. The van der Waals surface area contributed by atoms with Crippen LogP contribution in [0.2, 0.25) is 0 Å². The summed E-state index contributed by atoms with van der Waals surface area (Å²) in [5.41, 5.74) is 1.03. The number of aliphatic hydroxyl groups excluding tert-OH is 1. The minimum atomic E-state index is -0.960. The molecule has 124 valence electrons. The van der Waals surface area contributed by atoms with E-state index in [1.165, 1.54) is 6.07 Å². The van der Waals surface area contributed by atoms with E-state index in [1.54, 1.807) is 6.26 Å². The second-order valence-corrected chi connectivity index (χ2v) is 5.75. The van der Waals surface area contributed by atoms with Crippen LogP contribution in [0.15, 0.2) is 35.1 Å². The number of nitrogens with zero attached hydrogens (tertiary/aromatic N) is 3. The van der Waals surface area contributed by atoms with Gasteiger partial charge in [-0.1, -0.05) is 11.2 Å². The third-order valence-corrected chi connectivity index (χ3v) is 4.09. The first kappa shape index (κ1) is 16.0. The minimum absolute atomic E-state index is 0.136. The standard InChI is InChI=1S/C16H19F2N3O2/c17-12-1-2-14(15(18)9-12)16(22)11-21-6-4-20(5-7-21)10-13-3-8-23-19-13/h1-3,8-9,16,22H,4-7,10-11H2. The van der Waals surface area contributed by atoms with E-state index >= 15 is 0 Å². The van der Waals surface area contributed by atoms with E-state index in [0.717, 1.165) is 50.6 Å². The number of piperazine rings is 1. The van der Waals surface area contributed by atoms with Crippen LogP contribution in [0.3, 0.4) is 0 Å². The average molecular weight is 323 g/mol. The largest absolute Gasteiger partial charge is 0.387 e. The molecule has 1 N–H and O–H groups in total. The van der Waals surface area contributed by atoms with Gasteiger partial charge in [0.2, 0.25) is 0 Å². The van der Waals surface area contributed by atoms with Crippen molar-refractivity contribution in [1.82, 2.24) is 15.0 Å². The lowest BCUT2D eigenvalue weighted by molar-refractivity contribution is 0.0677. The summed E-state index contributed by atoms with van der Waals surface area (Å²) >= 11 is 0. The highest BCUT2D eigenvalue weighted by Crippen LogP contribution is 2.20. The molecule has 1 atom stereocenters. The highest BCUT2D eigenvalue weighted by atomic mass is 19.1. The summed E-state index contributed by atoms with van der Waals surface area (Å²) in [7, 11) is 0. The van der Waals surface area contributed by atoms with Crippen LogP contribution in [0.5, 0.6) is 0 Å². The summed E-state index contributed by atoms with van der Waals surface area (Å²) in [5.74, 6) is -1.35. The van der Waals surface area contributed by atoms with Crippen LogP contribution in [-0.2, 0) is 6.54 Å². The summed E-state index contributed by atoms with van der Waals surface area (Å²) in [4.78, 5) is 4.33. The van der Waals surface area contributed by atoms with Crippen LogP contribution in [0, 0.1) is 11.6 Å². The molecule has 1 fully saturated rings. The Morgan fingerprint density at radius 3 is 2.52 bits per heavy atom. The highest BCUT2D eigenvalue weighted by molar-refractivity contribution is 5.21. The minimum Gasteiger partial charge on any atom is -0.387 e. The lowest BCUT2D eigenvalue weighted by Crippen LogP contribution is -2.47. The van der Waals surface area contributed by atoms with Gasteiger partial charge in [-0.3, -0.25) is 9.80 Å². The predicted molar refractivity (Wildman–Crippen MR) is 79.5 cm³/mol. The van der Waals surface area contributed by atoms with Crippen molar-refractivity contribution in [3.8, 4) is 0 Å². The number of halogens is 2. The van der Waals surface area contributed by atoms with Crippen molar-refractivity contribution >= 4 is 0 Å². The molecule has 23 heavy (non-hydrogen) atoms. The average Bonchev–Trinajstić information content (AvgIpc) is 3.02. The lowest BCUT2D eigenvalue weighted by atomic mass is 10.1. The van der Waals surface area contributed by atoms with Crippen molar-refractivity contribution in [3.05, 3.63) is 53.4 Å². The van der Waals surface area contributed by atoms with Gasteiger partial charge in [0.25, 0.3) is 0 Å². The molecule has 0 aliphatic carbocycles. The number of hydrogen-bond donors (Lipinski definition) is 1. The molecule has 1 aliphatic rings. The third-order valence-electron chi connectivity index (χ3n) is 4.09. The quantitative estimate of drug-likeness (QED) is 0.909. The Morgan fingerprint density at radius 1 is 1.13 bits per heavy atom. The van der Waals surface area contributed by atoms with Crippen LogP contribution < -0.4 is 0 Å². The first-order chi connectivity index (χ1) is 11.1. The molecule has 1 unspecified atom stereocenters. The Kier molecular flexibility index (Phi) is 5.00. The van der Waals surface area contributed by atoms with Gasteiger partial charge in [0, 0.05) is 57.0 Å². The van der Waals surface area contributed by atoms with Gasteiger partial charge in [-0.05, 0) is 6.07 Å². The van der Waals surface area contributed by atoms with Crippen LogP contribution >= 0.6 is 0 Å². The van der Waals surface area contributed by atoms with Crippen molar-refractivity contribution in [2.45, 2.75) is 12.6 Å². The van der Waals surface area contributed by atoms with Gasteiger partial charge < -0.3 is 9.63 Å². The zero-order chi connectivity index (χ0) is 16.2. The normalized spacial score (nSPS) is 18.2. The van der Waals surface area contributed by atoms with E-state index in [-0.39, 0.29) is 5.56 Å². The second kappa shape index (κ2) is 7.16. The fraction of sp³-hybridized carbons (Fsp3) is 0.438. The van der Waals surface area contributed by atoms with E-state index in [1.807, 2.05) is 6.07 Å². The number of β-amino-alcohol motifs (C(OH)–C–C–N with tert-alkyl or cyclic N) is 1. The van der Waals surface area contributed by atoms with Crippen LogP contribution in [0.4, 0.5) is 8.78 Å². The summed E-state index contributed by atoms with van der Waals surface area (Å²) in [5, 5.41) is 14.1. The lowest BCUT2D eigenvalue weighted by Gasteiger charge is -2.35. The molecule has 0 spiro atoms. The second-order valence-electron chi connectivity index (χ2n) is 5.75. The fourth-order valence-corrected chi connectivity index (χ4v) is 2.79. The van der Waals surface area contributed by atoms with Crippen LogP contribution in [0.1, 0.15) is 17.4 Å². The third kappa shape index (κ3) is 4.13. The summed E-state index contributed by atoms with van der Waals surface area (Å²) in [6, 6.07) is 5.11. The van der Waals surface area contributed by atoms with Crippen molar-refractivity contribution < 1.29 is 18.4 Å². The Morgan fingerprint density at radius 2 is 1.87 bits per heavy atom. The maximum atomic E-state index is 13.7. The van der Waals surface area contributed by atoms with Gasteiger partial charge in [-0.15, -0.1) is 0 Å². The van der Waals surface area contributed by atoms with Crippen LogP contribution in [0.25, 0.3) is 0 Å². The molecule has 0 bridgehead atoms. The van der Waals surface area contributed by atoms with Crippen molar-refractivity contribution in [2.24, 2.45) is 0 Å². The van der Waals surface area contributed by atoms with Crippen LogP contribution in [-0.4, -0.2) is 52.8 Å². The van der Waals surface area contributed by atoms with Gasteiger partial charge in [-0.2, -0.15) is 0 Å². The molecule has 0 amide bonds. The molecule has 1 aromatic carbocycles. The molecule has 5 nitrogen and oxygen atoms in total. The number of rotatable bonds is 5. The zero-order valence-electron chi connectivity index (χ0n) is 12.7. The molecule has 2 heterocycles. The Labute approximate surface area is 133 Å². The molecular weight excluding hydrogens is 304 g/mol. The fourth-order valence-electron chi connectivity index (χ4n) is 2.79. The van der Waals surface area contributed by atoms with E-state index in [0.29, 0.717) is 6.54 Å². The van der Waals surface area contributed by atoms with Gasteiger partial charge in [-0.25, -0.2) is 8.78 Å². The van der Waals surface area contributed by atoms with Gasteiger partial charge in [0.1, 0.15) is 17.9 Å². The highest BCUT2D eigenvalue weighted by Gasteiger charge is 2.22. The summed E-state index contributed by atoms with van der Waals surface area (Å²) in [6.45, 7) is 4.30. The molecule has 0 saturated carbocycles. The predicted octanol–water partition coefficient (Wildman–Crippen LogP) is 1.80. The van der Waals surface area contributed by atoms with E-state index in [4.69, 9.17) is 4.52 Å². The molecule has 0 radical (unpaired) electrons. The SMILES string of the molecule is OC(CN1CCN(Cc2ccon2)CC1)c1ccc(F)cc1F. The van der Waals surface area contributed by atoms with Crippen molar-refractivity contribution in [3.63, 3.8) is 0 Å². The monoisotopic (exact) mass is 323 g/mol. The molecule has 1 aromatic heterocycles. The molecule has 1 saturated heterocycles. The van der Waals surface area contributed by atoms with Crippen molar-refractivity contribution in [2.75, 3.05) is 32.7 Å². The number of hydrogen-bond acceptors (Lipinski definition) is 5. The maximum absolute atomic E-state index is 13.7. The molecule has 3 rings (SSSR count). The molecular formula is C16H19F2N3O2. The van der Waals surface area contributed by atoms with E-state index in [9.17, 15) is 13.9 Å². The summed E-state index contributed by atoms with van der Waals surface area (Å²) < 4.78 is 31.4. The number of benzene rings is 1. The molecule has 7 heteroatoms. The van der Waals surface area contributed by atoms with Gasteiger partial charge >= 0.3 is 0 Å². The van der Waals surface area contributed by atoms with Gasteiger partial charge in [0.15, 0.2) is 0 Å².